The number of amides is 1. The second kappa shape index (κ2) is 7.54. The van der Waals surface area contributed by atoms with E-state index in [4.69, 9.17) is 0 Å². The topological polar surface area (TPSA) is 79.3 Å². The summed E-state index contributed by atoms with van der Waals surface area (Å²) in [6.45, 7) is 0.0925. The lowest BCUT2D eigenvalue weighted by Gasteiger charge is -2.13. The van der Waals surface area contributed by atoms with E-state index in [0.717, 1.165) is 5.69 Å². The zero-order valence-electron chi connectivity index (χ0n) is 11.4. The molecule has 21 heavy (non-hydrogen) atoms. The van der Waals surface area contributed by atoms with Gasteiger partial charge in [-0.1, -0.05) is 30.3 Å². The number of carbonyl (C=O) groups excluding carboxylic acids is 1. The van der Waals surface area contributed by atoms with Gasteiger partial charge in [0.25, 0.3) is 0 Å². The molecule has 2 aromatic rings. The number of hydrogen-bond donors (Lipinski definition) is 2. The molecule has 0 fully saturated rings. The Morgan fingerprint density at radius 2 is 2.05 bits per heavy atom. The van der Waals surface area contributed by atoms with E-state index in [1.165, 1.54) is 11.3 Å². The monoisotopic (exact) mass is 304 g/mol. The maximum atomic E-state index is 11.8. The van der Waals surface area contributed by atoms with Gasteiger partial charge in [0.1, 0.15) is 0 Å². The standard InChI is InChI=1S/C15H16N2O3S/c18-14(7-6-12-9-21-10-17-12)16-8-13(15(19)20)11-4-2-1-3-5-11/h1-5,9-10,13H,6-8H2,(H,16,18)(H,19,20). The van der Waals surface area contributed by atoms with Crippen molar-refractivity contribution < 1.29 is 14.7 Å². The van der Waals surface area contributed by atoms with Crippen molar-refractivity contribution in [2.45, 2.75) is 18.8 Å². The number of thiazole rings is 1. The minimum Gasteiger partial charge on any atom is -0.481 e. The number of carboxylic acid groups (broad SMARTS) is 1. The molecular formula is C15H16N2O3S. The molecule has 5 nitrogen and oxygen atoms in total. The minimum atomic E-state index is -0.944. The van der Waals surface area contributed by atoms with Gasteiger partial charge >= 0.3 is 5.97 Å². The summed E-state index contributed by atoms with van der Waals surface area (Å²) in [6.07, 6.45) is 0.878. The molecular weight excluding hydrogens is 288 g/mol. The van der Waals surface area contributed by atoms with Crippen LogP contribution >= 0.6 is 11.3 Å². The zero-order valence-corrected chi connectivity index (χ0v) is 12.2. The summed E-state index contributed by atoms with van der Waals surface area (Å²) in [6, 6.07) is 8.90. The van der Waals surface area contributed by atoms with Crippen LogP contribution < -0.4 is 5.32 Å². The summed E-state index contributed by atoms with van der Waals surface area (Å²) in [7, 11) is 0. The van der Waals surface area contributed by atoms with Crippen LogP contribution in [0.4, 0.5) is 0 Å². The van der Waals surface area contributed by atoms with E-state index in [9.17, 15) is 14.7 Å². The fourth-order valence-corrected chi connectivity index (χ4v) is 2.53. The first kappa shape index (κ1) is 15.2. The minimum absolute atomic E-state index is 0.0925. The van der Waals surface area contributed by atoms with E-state index >= 15 is 0 Å². The van der Waals surface area contributed by atoms with Crippen LogP contribution in [0.25, 0.3) is 0 Å². The Hall–Kier alpha value is -2.21. The van der Waals surface area contributed by atoms with E-state index in [1.54, 1.807) is 29.8 Å². The van der Waals surface area contributed by atoms with Gasteiger partial charge in [0.05, 0.1) is 17.1 Å². The predicted molar refractivity (Wildman–Crippen MR) is 80.3 cm³/mol. The first-order chi connectivity index (χ1) is 10.2. The Labute approximate surface area is 126 Å². The lowest BCUT2D eigenvalue weighted by Crippen LogP contribution is -2.31. The van der Waals surface area contributed by atoms with E-state index in [2.05, 4.69) is 10.3 Å². The average Bonchev–Trinajstić information content (AvgIpc) is 2.99. The van der Waals surface area contributed by atoms with E-state index in [-0.39, 0.29) is 12.5 Å². The van der Waals surface area contributed by atoms with Gasteiger partial charge in [-0.15, -0.1) is 11.3 Å². The Balaban J connectivity index is 1.84. The Kier molecular flexibility index (Phi) is 5.45. The third kappa shape index (κ3) is 4.68. The first-order valence-corrected chi connectivity index (χ1v) is 7.52. The molecule has 1 aromatic heterocycles. The Morgan fingerprint density at radius 1 is 1.29 bits per heavy atom. The summed E-state index contributed by atoms with van der Waals surface area (Å²) in [5.41, 5.74) is 3.29. The number of aliphatic carboxylic acids is 1. The third-order valence-electron chi connectivity index (χ3n) is 3.10. The summed E-state index contributed by atoms with van der Waals surface area (Å²) >= 11 is 1.49. The molecule has 1 atom stereocenters. The van der Waals surface area contributed by atoms with Gasteiger partial charge in [-0.2, -0.15) is 0 Å². The molecule has 2 N–H and O–H groups in total. The second-order valence-electron chi connectivity index (χ2n) is 4.59. The van der Waals surface area contributed by atoms with Gasteiger partial charge in [0.2, 0.25) is 5.91 Å². The summed E-state index contributed by atoms with van der Waals surface area (Å²) in [4.78, 5) is 27.2. The van der Waals surface area contributed by atoms with Crippen LogP contribution in [0, 0.1) is 0 Å². The number of nitrogens with one attached hydrogen (secondary N) is 1. The number of benzene rings is 1. The number of nitrogens with zero attached hydrogens (tertiary/aromatic N) is 1. The highest BCUT2D eigenvalue weighted by Gasteiger charge is 2.20. The Morgan fingerprint density at radius 3 is 2.67 bits per heavy atom. The van der Waals surface area contributed by atoms with Crippen molar-refractivity contribution in [3.63, 3.8) is 0 Å². The van der Waals surface area contributed by atoms with Gasteiger partial charge in [-0.05, 0) is 12.0 Å². The molecule has 0 bridgehead atoms. The molecule has 0 saturated carbocycles. The quantitative estimate of drug-likeness (QED) is 0.820. The second-order valence-corrected chi connectivity index (χ2v) is 5.30. The average molecular weight is 304 g/mol. The summed E-state index contributed by atoms with van der Waals surface area (Å²) in [5, 5.41) is 13.8. The number of carbonyl (C=O) groups is 2. The van der Waals surface area contributed by atoms with Gasteiger partial charge < -0.3 is 10.4 Å². The predicted octanol–water partition coefficient (Wildman–Crippen LogP) is 2.06. The molecule has 1 unspecified atom stereocenters. The van der Waals surface area contributed by atoms with Gasteiger partial charge in [-0.3, -0.25) is 9.59 Å². The third-order valence-corrected chi connectivity index (χ3v) is 3.73. The maximum absolute atomic E-state index is 11.8. The molecule has 0 aliphatic heterocycles. The highest BCUT2D eigenvalue weighted by Crippen LogP contribution is 2.14. The highest BCUT2D eigenvalue weighted by atomic mass is 32.1. The fourth-order valence-electron chi connectivity index (χ4n) is 1.94. The largest absolute Gasteiger partial charge is 0.481 e. The van der Waals surface area contributed by atoms with Crippen LogP contribution in [0.1, 0.15) is 23.6 Å². The van der Waals surface area contributed by atoms with Gasteiger partial charge in [0.15, 0.2) is 0 Å². The van der Waals surface area contributed by atoms with Crippen LogP contribution in [0.3, 0.4) is 0 Å². The van der Waals surface area contributed by atoms with Crippen molar-refractivity contribution in [2.24, 2.45) is 0 Å². The molecule has 1 amide bonds. The molecule has 2 rings (SSSR count). The van der Waals surface area contributed by atoms with Crippen LogP contribution in [0.2, 0.25) is 0 Å². The lowest BCUT2D eigenvalue weighted by molar-refractivity contribution is -0.138. The molecule has 0 spiro atoms. The zero-order chi connectivity index (χ0) is 15.1. The summed E-state index contributed by atoms with van der Waals surface area (Å²) in [5.74, 6) is -1.83. The van der Waals surface area contributed by atoms with Crippen molar-refractivity contribution >= 4 is 23.2 Å². The van der Waals surface area contributed by atoms with Crippen molar-refractivity contribution in [2.75, 3.05) is 6.54 Å². The molecule has 0 aliphatic carbocycles. The van der Waals surface area contributed by atoms with E-state index in [1.807, 2.05) is 11.4 Å². The smallest absolute Gasteiger partial charge is 0.312 e. The molecule has 6 heteroatoms. The highest BCUT2D eigenvalue weighted by molar-refractivity contribution is 7.07. The van der Waals surface area contributed by atoms with Gasteiger partial charge in [-0.25, -0.2) is 4.98 Å². The summed E-state index contributed by atoms with van der Waals surface area (Å²) < 4.78 is 0. The lowest BCUT2D eigenvalue weighted by atomic mass is 9.99. The molecule has 0 radical (unpaired) electrons. The van der Waals surface area contributed by atoms with Crippen LogP contribution in [0.5, 0.6) is 0 Å². The Bertz CT molecular complexity index is 584. The van der Waals surface area contributed by atoms with Gasteiger partial charge in [0, 0.05) is 18.3 Å². The maximum Gasteiger partial charge on any atom is 0.312 e. The number of aryl methyl sites for hydroxylation is 1. The number of carboxylic acids is 1. The SMILES string of the molecule is O=C(CCc1cscn1)NCC(C(=O)O)c1ccccc1. The van der Waals surface area contributed by atoms with Crippen LogP contribution in [-0.2, 0) is 16.0 Å². The van der Waals surface area contributed by atoms with Crippen molar-refractivity contribution in [3.8, 4) is 0 Å². The van der Waals surface area contributed by atoms with E-state index in [0.29, 0.717) is 18.4 Å². The van der Waals surface area contributed by atoms with Crippen molar-refractivity contribution in [1.82, 2.24) is 10.3 Å². The number of rotatable bonds is 7. The first-order valence-electron chi connectivity index (χ1n) is 6.58. The normalized spacial score (nSPS) is 11.8. The molecule has 0 aliphatic rings. The van der Waals surface area contributed by atoms with Crippen molar-refractivity contribution in [3.05, 3.63) is 52.5 Å². The van der Waals surface area contributed by atoms with Crippen LogP contribution in [0.15, 0.2) is 41.2 Å². The van der Waals surface area contributed by atoms with E-state index < -0.39 is 11.9 Å². The molecule has 0 saturated heterocycles. The molecule has 1 aromatic carbocycles. The van der Waals surface area contributed by atoms with Crippen LogP contribution in [-0.4, -0.2) is 28.5 Å². The molecule has 1 heterocycles. The molecule has 110 valence electrons. The number of hydrogen-bond acceptors (Lipinski definition) is 4. The fraction of sp³-hybridized carbons (Fsp3) is 0.267. The number of aromatic nitrogens is 1. The van der Waals surface area contributed by atoms with Crippen molar-refractivity contribution in [1.29, 1.82) is 0 Å².